The van der Waals surface area contributed by atoms with E-state index in [1.807, 2.05) is 0 Å². The number of hydrogen-bond donors (Lipinski definition) is 1. The van der Waals surface area contributed by atoms with Gasteiger partial charge in [0.2, 0.25) is 0 Å². The van der Waals surface area contributed by atoms with Crippen molar-refractivity contribution in [1.29, 1.82) is 0 Å². The molecule has 0 aliphatic heterocycles. The van der Waals surface area contributed by atoms with Crippen LogP contribution in [0.25, 0.3) is 0 Å². The summed E-state index contributed by atoms with van der Waals surface area (Å²) < 4.78 is 10.0. The molecule has 0 amide bonds. The van der Waals surface area contributed by atoms with Gasteiger partial charge in [-0.3, -0.25) is 4.79 Å². The normalized spacial score (nSPS) is 16.9. The van der Waals surface area contributed by atoms with Crippen molar-refractivity contribution < 1.29 is 14.3 Å². The highest BCUT2D eigenvalue weighted by Crippen LogP contribution is 2.24. The summed E-state index contributed by atoms with van der Waals surface area (Å²) >= 11 is 0. The average Bonchev–Trinajstić information content (AvgIpc) is 2.74. The van der Waals surface area contributed by atoms with Crippen molar-refractivity contribution in [2.24, 2.45) is 5.92 Å². The minimum absolute atomic E-state index is 0.155. The van der Waals surface area contributed by atoms with Gasteiger partial charge in [-0.15, -0.1) is 0 Å². The Morgan fingerprint density at radius 3 is 2.80 bits per heavy atom. The van der Waals surface area contributed by atoms with Crippen LogP contribution in [0.2, 0.25) is 0 Å². The topological polar surface area (TPSA) is 47.6 Å². The lowest BCUT2D eigenvalue weighted by Crippen LogP contribution is -2.28. The first-order valence-electron chi connectivity index (χ1n) is 5.68. The van der Waals surface area contributed by atoms with Crippen molar-refractivity contribution in [2.45, 2.75) is 25.7 Å². The van der Waals surface area contributed by atoms with Gasteiger partial charge in [0, 0.05) is 13.7 Å². The Bertz CT molecular complexity index is 179. The first-order chi connectivity index (χ1) is 7.33. The van der Waals surface area contributed by atoms with Crippen LogP contribution in [0.15, 0.2) is 0 Å². The zero-order valence-electron chi connectivity index (χ0n) is 9.46. The predicted molar refractivity (Wildman–Crippen MR) is 57.7 cm³/mol. The van der Waals surface area contributed by atoms with Crippen LogP contribution in [0, 0.1) is 5.92 Å². The molecule has 0 heterocycles. The molecule has 1 N–H and O–H groups in total. The molecule has 0 radical (unpaired) electrons. The Balaban J connectivity index is 1.93. The molecule has 1 fully saturated rings. The molecule has 0 atom stereocenters. The molecule has 0 spiro atoms. The second-order valence-electron chi connectivity index (χ2n) is 4.00. The molecule has 0 aromatic heterocycles. The molecule has 0 aromatic carbocycles. The van der Waals surface area contributed by atoms with Gasteiger partial charge in [0.25, 0.3) is 0 Å². The fraction of sp³-hybridized carbons (Fsp3) is 0.909. The number of carbonyl (C=O) groups excluding carboxylic acids is 1. The van der Waals surface area contributed by atoms with Gasteiger partial charge in [0.15, 0.2) is 0 Å². The minimum atomic E-state index is -0.155. The van der Waals surface area contributed by atoms with Crippen LogP contribution >= 0.6 is 0 Å². The lowest BCUT2D eigenvalue weighted by molar-refractivity contribution is -0.143. The molecule has 1 saturated carbocycles. The highest BCUT2D eigenvalue weighted by atomic mass is 16.5. The fourth-order valence-electron chi connectivity index (χ4n) is 1.80. The van der Waals surface area contributed by atoms with E-state index in [-0.39, 0.29) is 12.5 Å². The molecule has 1 aliphatic carbocycles. The maximum Gasteiger partial charge on any atom is 0.319 e. The quantitative estimate of drug-likeness (QED) is 0.507. The molecule has 0 bridgehead atoms. The van der Waals surface area contributed by atoms with Gasteiger partial charge >= 0.3 is 5.97 Å². The summed E-state index contributed by atoms with van der Waals surface area (Å²) in [5.74, 6) is 0.450. The number of hydrogen-bond acceptors (Lipinski definition) is 4. The van der Waals surface area contributed by atoms with E-state index in [4.69, 9.17) is 9.47 Å². The maximum absolute atomic E-state index is 11.2. The number of carbonyl (C=O) groups is 1. The van der Waals surface area contributed by atoms with Gasteiger partial charge in [-0.05, 0) is 18.8 Å². The van der Waals surface area contributed by atoms with E-state index in [2.05, 4.69) is 5.32 Å². The smallest absolute Gasteiger partial charge is 0.319 e. The van der Waals surface area contributed by atoms with Crippen molar-refractivity contribution in [3.63, 3.8) is 0 Å². The van der Waals surface area contributed by atoms with Crippen LogP contribution in [-0.4, -0.2) is 39.4 Å². The summed E-state index contributed by atoms with van der Waals surface area (Å²) in [5.41, 5.74) is 0. The van der Waals surface area contributed by atoms with Gasteiger partial charge in [0.1, 0.15) is 0 Å². The van der Waals surface area contributed by atoms with Crippen molar-refractivity contribution >= 4 is 5.97 Å². The summed E-state index contributed by atoms with van der Waals surface area (Å²) in [5, 5.41) is 2.96. The highest BCUT2D eigenvalue weighted by Gasteiger charge is 2.16. The average molecular weight is 215 g/mol. The molecule has 0 unspecified atom stereocenters. The standard InChI is InChI=1S/C11H21NO3/c1-14-7-6-12-8-11(13)15-9-10-4-2-3-5-10/h10,12H,2-9H2,1H3. The molecule has 15 heavy (non-hydrogen) atoms. The first-order valence-corrected chi connectivity index (χ1v) is 5.68. The first kappa shape index (κ1) is 12.5. The SMILES string of the molecule is COCCNCC(=O)OCC1CCCC1. The summed E-state index contributed by atoms with van der Waals surface area (Å²) in [6, 6.07) is 0. The Labute approximate surface area is 91.3 Å². The lowest BCUT2D eigenvalue weighted by Gasteiger charge is -2.10. The molecule has 0 aromatic rings. The van der Waals surface area contributed by atoms with Crippen LogP contribution in [0.1, 0.15) is 25.7 Å². The van der Waals surface area contributed by atoms with E-state index < -0.39 is 0 Å². The molecule has 88 valence electrons. The second-order valence-corrected chi connectivity index (χ2v) is 4.00. The maximum atomic E-state index is 11.2. The number of rotatable bonds is 7. The Morgan fingerprint density at radius 1 is 1.40 bits per heavy atom. The van der Waals surface area contributed by atoms with Gasteiger partial charge in [0.05, 0.1) is 19.8 Å². The van der Waals surface area contributed by atoms with E-state index in [0.29, 0.717) is 25.7 Å². The number of ether oxygens (including phenoxy) is 2. The van der Waals surface area contributed by atoms with Crippen molar-refractivity contribution in [3.8, 4) is 0 Å². The van der Waals surface area contributed by atoms with Crippen LogP contribution in [-0.2, 0) is 14.3 Å². The molecule has 4 nitrogen and oxygen atoms in total. The monoisotopic (exact) mass is 215 g/mol. The lowest BCUT2D eigenvalue weighted by atomic mass is 10.1. The molecule has 1 aliphatic rings. The van der Waals surface area contributed by atoms with E-state index in [1.165, 1.54) is 25.7 Å². The van der Waals surface area contributed by atoms with Crippen LogP contribution in [0.5, 0.6) is 0 Å². The number of methoxy groups -OCH3 is 1. The summed E-state index contributed by atoms with van der Waals surface area (Å²) in [7, 11) is 1.64. The largest absolute Gasteiger partial charge is 0.464 e. The number of nitrogens with one attached hydrogen (secondary N) is 1. The molecule has 1 rings (SSSR count). The van der Waals surface area contributed by atoms with E-state index in [0.717, 1.165) is 0 Å². The van der Waals surface area contributed by atoms with Crippen molar-refractivity contribution in [2.75, 3.05) is 33.4 Å². The molecular formula is C11H21NO3. The Hall–Kier alpha value is -0.610. The van der Waals surface area contributed by atoms with Crippen molar-refractivity contribution in [3.05, 3.63) is 0 Å². The predicted octanol–water partition coefficient (Wildman–Crippen LogP) is 0.956. The van der Waals surface area contributed by atoms with E-state index >= 15 is 0 Å². The summed E-state index contributed by atoms with van der Waals surface area (Å²) in [6.07, 6.45) is 5.00. The molecule has 0 saturated heterocycles. The summed E-state index contributed by atoms with van der Waals surface area (Å²) in [4.78, 5) is 11.2. The van der Waals surface area contributed by atoms with Gasteiger partial charge in [-0.1, -0.05) is 12.8 Å². The fourth-order valence-corrected chi connectivity index (χ4v) is 1.80. The van der Waals surface area contributed by atoms with E-state index in [9.17, 15) is 4.79 Å². The van der Waals surface area contributed by atoms with E-state index in [1.54, 1.807) is 7.11 Å². The third-order valence-corrected chi connectivity index (χ3v) is 2.71. The summed E-state index contributed by atoms with van der Waals surface area (Å²) in [6.45, 7) is 2.20. The van der Waals surface area contributed by atoms with Crippen LogP contribution < -0.4 is 5.32 Å². The Kier molecular flexibility index (Phi) is 6.36. The number of esters is 1. The Morgan fingerprint density at radius 2 is 2.13 bits per heavy atom. The van der Waals surface area contributed by atoms with Gasteiger partial charge in [-0.2, -0.15) is 0 Å². The van der Waals surface area contributed by atoms with Crippen LogP contribution in [0.4, 0.5) is 0 Å². The zero-order valence-corrected chi connectivity index (χ0v) is 9.46. The highest BCUT2D eigenvalue weighted by molar-refractivity contribution is 5.71. The zero-order chi connectivity index (χ0) is 10.9. The minimum Gasteiger partial charge on any atom is -0.464 e. The van der Waals surface area contributed by atoms with Gasteiger partial charge in [-0.25, -0.2) is 0 Å². The van der Waals surface area contributed by atoms with Gasteiger partial charge < -0.3 is 14.8 Å². The molecule has 4 heteroatoms. The third-order valence-electron chi connectivity index (χ3n) is 2.71. The van der Waals surface area contributed by atoms with Crippen molar-refractivity contribution in [1.82, 2.24) is 5.32 Å². The second kappa shape index (κ2) is 7.65. The van der Waals surface area contributed by atoms with Crippen LogP contribution in [0.3, 0.4) is 0 Å². The third kappa shape index (κ3) is 5.74. The molecular weight excluding hydrogens is 194 g/mol.